The van der Waals surface area contributed by atoms with Crippen LogP contribution in [0.2, 0.25) is 0 Å². The number of aryl methyl sites for hydroxylation is 1. The molecular formula is C16H28N2O. The van der Waals surface area contributed by atoms with Gasteiger partial charge in [-0.05, 0) is 75.6 Å². The van der Waals surface area contributed by atoms with Gasteiger partial charge in [-0.15, -0.1) is 0 Å². The summed E-state index contributed by atoms with van der Waals surface area (Å²) >= 11 is 0. The zero-order chi connectivity index (χ0) is 14.7. The van der Waals surface area contributed by atoms with E-state index in [2.05, 4.69) is 52.8 Å². The quantitative estimate of drug-likeness (QED) is 0.888. The number of benzene rings is 1. The topological polar surface area (TPSA) is 38.5 Å². The summed E-state index contributed by atoms with van der Waals surface area (Å²) in [6, 6.07) is 2.48. The molecule has 2 atom stereocenters. The number of hydrogen-bond acceptors (Lipinski definition) is 3. The molecule has 0 aliphatic rings. The monoisotopic (exact) mass is 264 g/mol. The predicted molar refractivity (Wildman–Crippen MR) is 81.9 cm³/mol. The number of ether oxygens (including phenoxy) is 1. The molecule has 3 nitrogen and oxygen atoms in total. The fraction of sp³-hybridized carbons (Fsp3) is 0.625. The molecule has 0 aliphatic carbocycles. The van der Waals surface area contributed by atoms with Crippen molar-refractivity contribution in [3.63, 3.8) is 0 Å². The Hall–Kier alpha value is -1.06. The van der Waals surface area contributed by atoms with Crippen molar-refractivity contribution in [2.45, 2.75) is 33.7 Å². The number of rotatable bonds is 5. The van der Waals surface area contributed by atoms with Crippen molar-refractivity contribution in [2.24, 2.45) is 11.7 Å². The highest BCUT2D eigenvalue weighted by Gasteiger charge is 2.25. The van der Waals surface area contributed by atoms with Gasteiger partial charge >= 0.3 is 0 Å². The van der Waals surface area contributed by atoms with Crippen LogP contribution >= 0.6 is 0 Å². The van der Waals surface area contributed by atoms with Gasteiger partial charge in [0.1, 0.15) is 5.75 Å². The van der Waals surface area contributed by atoms with E-state index in [-0.39, 0.29) is 0 Å². The third kappa shape index (κ3) is 3.10. The lowest BCUT2D eigenvalue weighted by molar-refractivity contribution is 0.225. The van der Waals surface area contributed by atoms with Crippen molar-refractivity contribution in [3.8, 4) is 5.75 Å². The molecule has 0 fully saturated rings. The summed E-state index contributed by atoms with van der Waals surface area (Å²) in [7, 11) is 5.97. The second-order valence-electron chi connectivity index (χ2n) is 5.68. The molecule has 0 aromatic heterocycles. The Morgan fingerprint density at radius 3 is 2.21 bits per heavy atom. The third-order valence-corrected chi connectivity index (χ3v) is 4.09. The molecule has 1 aromatic carbocycles. The Morgan fingerprint density at radius 1 is 1.21 bits per heavy atom. The molecule has 19 heavy (non-hydrogen) atoms. The van der Waals surface area contributed by atoms with Crippen molar-refractivity contribution in [3.05, 3.63) is 28.3 Å². The lowest BCUT2D eigenvalue weighted by Gasteiger charge is -2.33. The summed E-state index contributed by atoms with van der Waals surface area (Å²) in [5.41, 5.74) is 11.1. The first-order valence-electron chi connectivity index (χ1n) is 6.86. The van der Waals surface area contributed by atoms with Gasteiger partial charge in [0.15, 0.2) is 0 Å². The SMILES string of the molecule is COc1cc(C)c(C(C(C)CN)N(C)C)c(C)c1C. The van der Waals surface area contributed by atoms with E-state index in [4.69, 9.17) is 10.5 Å². The van der Waals surface area contributed by atoms with Crippen LogP contribution in [0.1, 0.15) is 35.2 Å². The molecule has 1 aromatic rings. The van der Waals surface area contributed by atoms with Gasteiger partial charge in [-0.2, -0.15) is 0 Å². The second-order valence-corrected chi connectivity index (χ2v) is 5.68. The summed E-state index contributed by atoms with van der Waals surface area (Å²) in [5, 5.41) is 0. The first kappa shape index (κ1) is 16.0. The highest BCUT2D eigenvalue weighted by atomic mass is 16.5. The minimum atomic E-state index is 0.342. The van der Waals surface area contributed by atoms with E-state index >= 15 is 0 Å². The standard InChI is InChI=1S/C16H28N2O/c1-10-8-14(19-7)12(3)13(4)15(10)16(18(5)6)11(2)9-17/h8,11,16H,9,17H2,1-7H3. The van der Waals surface area contributed by atoms with Gasteiger partial charge in [-0.3, -0.25) is 0 Å². The van der Waals surface area contributed by atoms with Gasteiger partial charge in [-0.1, -0.05) is 6.92 Å². The summed E-state index contributed by atoms with van der Waals surface area (Å²) in [5.74, 6) is 1.39. The maximum atomic E-state index is 5.89. The van der Waals surface area contributed by atoms with Crippen LogP contribution in [-0.4, -0.2) is 32.6 Å². The van der Waals surface area contributed by atoms with E-state index in [1.165, 1.54) is 22.3 Å². The van der Waals surface area contributed by atoms with Crippen LogP contribution in [0.15, 0.2) is 6.07 Å². The van der Waals surface area contributed by atoms with E-state index in [0.29, 0.717) is 18.5 Å². The van der Waals surface area contributed by atoms with Crippen molar-refractivity contribution < 1.29 is 4.74 Å². The van der Waals surface area contributed by atoms with E-state index in [0.717, 1.165) is 5.75 Å². The Kier molecular flexibility index (Phi) is 5.39. The number of methoxy groups -OCH3 is 1. The van der Waals surface area contributed by atoms with Crippen molar-refractivity contribution in [1.82, 2.24) is 4.90 Å². The second kappa shape index (κ2) is 6.40. The summed E-state index contributed by atoms with van der Waals surface area (Å²) in [4.78, 5) is 2.26. The number of hydrogen-bond donors (Lipinski definition) is 1. The zero-order valence-corrected chi connectivity index (χ0v) is 13.4. The first-order chi connectivity index (χ1) is 8.84. The molecule has 0 radical (unpaired) electrons. The average molecular weight is 264 g/mol. The van der Waals surface area contributed by atoms with Crippen molar-refractivity contribution in [2.75, 3.05) is 27.7 Å². The highest BCUT2D eigenvalue weighted by Crippen LogP contribution is 2.36. The van der Waals surface area contributed by atoms with Gasteiger partial charge in [0.25, 0.3) is 0 Å². The number of nitrogens with two attached hydrogens (primary N) is 1. The van der Waals surface area contributed by atoms with Gasteiger partial charge in [0.05, 0.1) is 7.11 Å². The van der Waals surface area contributed by atoms with E-state index in [1.807, 2.05) is 0 Å². The summed E-state index contributed by atoms with van der Waals surface area (Å²) in [6.07, 6.45) is 0. The van der Waals surface area contributed by atoms with Crippen molar-refractivity contribution in [1.29, 1.82) is 0 Å². The van der Waals surface area contributed by atoms with E-state index in [9.17, 15) is 0 Å². The first-order valence-corrected chi connectivity index (χ1v) is 6.86. The molecule has 0 aliphatic heterocycles. The Bertz CT molecular complexity index is 441. The molecule has 2 unspecified atom stereocenters. The van der Waals surface area contributed by atoms with Crippen LogP contribution in [0.5, 0.6) is 5.75 Å². The fourth-order valence-electron chi connectivity index (χ4n) is 2.91. The fourth-order valence-corrected chi connectivity index (χ4v) is 2.91. The van der Waals surface area contributed by atoms with Crippen LogP contribution in [-0.2, 0) is 0 Å². The van der Waals surface area contributed by atoms with Gasteiger partial charge in [-0.25, -0.2) is 0 Å². The Labute approximate surface area is 117 Å². The average Bonchev–Trinajstić information content (AvgIpc) is 2.37. The van der Waals surface area contributed by atoms with Crippen LogP contribution in [0.3, 0.4) is 0 Å². The van der Waals surface area contributed by atoms with Crippen LogP contribution in [0, 0.1) is 26.7 Å². The summed E-state index contributed by atoms with van der Waals surface area (Å²) < 4.78 is 5.45. The molecule has 0 heterocycles. The molecule has 0 spiro atoms. The minimum Gasteiger partial charge on any atom is -0.496 e. The van der Waals surface area contributed by atoms with Crippen LogP contribution in [0.25, 0.3) is 0 Å². The lowest BCUT2D eigenvalue weighted by atomic mass is 9.85. The van der Waals surface area contributed by atoms with Crippen molar-refractivity contribution >= 4 is 0 Å². The Balaban J connectivity index is 3.43. The highest BCUT2D eigenvalue weighted by molar-refractivity contribution is 5.49. The molecule has 0 bridgehead atoms. The zero-order valence-electron chi connectivity index (χ0n) is 13.4. The molecule has 1 rings (SSSR count). The van der Waals surface area contributed by atoms with Gasteiger partial charge < -0.3 is 15.4 Å². The van der Waals surface area contributed by atoms with Crippen LogP contribution < -0.4 is 10.5 Å². The molecule has 0 saturated heterocycles. The molecule has 108 valence electrons. The molecule has 0 saturated carbocycles. The lowest BCUT2D eigenvalue weighted by Crippen LogP contribution is -2.31. The maximum Gasteiger partial charge on any atom is 0.122 e. The van der Waals surface area contributed by atoms with Gasteiger partial charge in [0, 0.05) is 6.04 Å². The van der Waals surface area contributed by atoms with Gasteiger partial charge in [0.2, 0.25) is 0 Å². The minimum absolute atomic E-state index is 0.342. The normalized spacial score (nSPS) is 14.6. The molecule has 3 heteroatoms. The largest absolute Gasteiger partial charge is 0.496 e. The molecular weight excluding hydrogens is 236 g/mol. The van der Waals surface area contributed by atoms with E-state index < -0.39 is 0 Å². The van der Waals surface area contributed by atoms with Crippen LogP contribution in [0.4, 0.5) is 0 Å². The predicted octanol–water partition coefficient (Wildman–Crippen LogP) is 2.82. The third-order valence-electron chi connectivity index (χ3n) is 4.09. The molecule has 2 N–H and O–H groups in total. The maximum absolute atomic E-state index is 5.89. The number of nitrogens with zero attached hydrogens (tertiary/aromatic N) is 1. The summed E-state index contributed by atoms with van der Waals surface area (Å²) in [6.45, 7) is 9.36. The van der Waals surface area contributed by atoms with E-state index in [1.54, 1.807) is 7.11 Å². The smallest absolute Gasteiger partial charge is 0.122 e. The Morgan fingerprint density at radius 2 is 1.79 bits per heavy atom. The molecule has 0 amide bonds.